The van der Waals surface area contributed by atoms with E-state index in [-0.39, 0.29) is 23.0 Å². The summed E-state index contributed by atoms with van der Waals surface area (Å²) in [4.78, 5) is 9.07. The van der Waals surface area contributed by atoms with Gasteiger partial charge in [-0.05, 0) is 76.4 Å². The van der Waals surface area contributed by atoms with E-state index in [1.165, 1.54) is 17.7 Å². The van der Waals surface area contributed by atoms with Crippen LogP contribution >= 0.6 is 0 Å². The normalized spacial score (nSPS) is 13.1. The van der Waals surface area contributed by atoms with Gasteiger partial charge in [0.25, 0.3) is 0 Å². The molecular weight excluding hydrogens is 549 g/mol. The van der Waals surface area contributed by atoms with Crippen molar-refractivity contribution in [3.8, 4) is 22.6 Å². The molecule has 220 valence electrons. The molecule has 4 aromatic carbocycles. The molecule has 0 aliphatic heterocycles. The number of aryl methyl sites for hydroxylation is 2. The molecule has 0 fully saturated rings. The van der Waals surface area contributed by atoms with E-state index in [0.717, 1.165) is 16.7 Å². The number of aromatic nitrogens is 2. The summed E-state index contributed by atoms with van der Waals surface area (Å²) in [7, 11) is 0. The molecule has 0 saturated carbocycles. The molecular formula is C36H33F3N2O2. The first kappa shape index (κ1) is 28.7. The maximum Gasteiger partial charge on any atom is 0.399 e. The Morgan fingerprint density at radius 3 is 1.58 bits per heavy atom. The molecule has 0 amide bonds. The third-order valence-electron chi connectivity index (χ3n) is 7.94. The van der Waals surface area contributed by atoms with Gasteiger partial charge in [0, 0.05) is 12.5 Å². The summed E-state index contributed by atoms with van der Waals surface area (Å²) in [5.41, 5.74) is 7.58. The van der Waals surface area contributed by atoms with Crippen LogP contribution in [0.5, 0.6) is 0 Å². The Kier molecular flexibility index (Phi) is 7.15. The number of oxazole rings is 2. The van der Waals surface area contributed by atoms with Gasteiger partial charge in [0.15, 0.2) is 17.1 Å². The van der Waals surface area contributed by atoms with Crippen LogP contribution in [0.2, 0.25) is 0 Å². The Hall–Kier alpha value is -4.39. The quantitative estimate of drug-likeness (QED) is 0.196. The van der Waals surface area contributed by atoms with Crippen molar-refractivity contribution in [1.29, 1.82) is 0 Å². The van der Waals surface area contributed by atoms with Crippen molar-refractivity contribution in [2.75, 3.05) is 0 Å². The lowest BCUT2D eigenvalue weighted by Crippen LogP contribution is -2.22. The van der Waals surface area contributed by atoms with Gasteiger partial charge in [0.05, 0.1) is 0 Å². The average molecular weight is 583 g/mol. The molecule has 1 unspecified atom stereocenters. The van der Waals surface area contributed by atoms with Crippen molar-refractivity contribution in [2.24, 2.45) is 0 Å². The molecule has 0 saturated heterocycles. The summed E-state index contributed by atoms with van der Waals surface area (Å²) in [6.45, 7) is 11.5. The van der Waals surface area contributed by atoms with Gasteiger partial charge in [0.2, 0.25) is 5.89 Å². The number of nitrogens with zero attached hydrogens (tertiary/aromatic N) is 2. The van der Waals surface area contributed by atoms with Gasteiger partial charge in [-0.1, -0.05) is 81.8 Å². The Labute approximate surface area is 248 Å². The molecule has 2 heterocycles. The molecule has 0 radical (unpaired) electrons. The minimum atomic E-state index is -4.55. The summed E-state index contributed by atoms with van der Waals surface area (Å²) >= 11 is 0. The predicted molar refractivity (Wildman–Crippen MR) is 164 cm³/mol. The van der Waals surface area contributed by atoms with E-state index in [4.69, 9.17) is 13.8 Å². The Morgan fingerprint density at radius 1 is 0.605 bits per heavy atom. The Morgan fingerprint density at radius 2 is 1.07 bits per heavy atom. The van der Waals surface area contributed by atoms with Crippen LogP contribution in [0.1, 0.15) is 79.2 Å². The SMILES string of the molecule is Cc1ccc(-c2ccc(-c3nc4cc(C(c5cc(C(C)C)c6oc(C)nc6c5)C(F)(F)F)cc(C(C)C)c4o3)cc2)cc1. The summed E-state index contributed by atoms with van der Waals surface area (Å²) in [5.74, 6) is -1.22. The highest BCUT2D eigenvalue weighted by atomic mass is 19.4. The van der Waals surface area contributed by atoms with E-state index < -0.39 is 12.1 Å². The zero-order chi connectivity index (χ0) is 30.6. The van der Waals surface area contributed by atoms with Crippen LogP contribution in [0.4, 0.5) is 13.2 Å². The number of halogens is 3. The smallest absolute Gasteiger partial charge is 0.399 e. The zero-order valence-electron chi connectivity index (χ0n) is 25.0. The third-order valence-corrected chi connectivity index (χ3v) is 7.94. The zero-order valence-corrected chi connectivity index (χ0v) is 25.0. The molecule has 0 aliphatic carbocycles. The van der Waals surface area contributed by atoms with Gasteiger partial charge in [0.1, 0.15) is 17.0 Å². The maximum atomic E-state index is 14.9. The summed E-state index contributed by atoms with van der Waals surface area (Å²) in [6.07, 6.45) is -4.55. The fourth-order valence-electron chi connectivity index (χ4n) is 5.71. The number of rotatable bonds is 6. The van der Waals surface area contributed by atoms with Crippen molar-refractivity contribution in [2.45, 2.75) is 65.5 Å². The first-order chi connectivity index (χ1) is 20.4. The minimum Gasteiger partial charge on any atom is -0.441 e. The fourth-order valence-corrected chi connectivity index (χ4v) is 5.71. The van der Waals surface area contributed by atoms with E-state index in [1.807, 2.05) is 58.9 Å². The largest absolute Gasteiger partial charge is 0.441 e. The number of fused-ring (bicyclic) bond motifs is 2. The van der Waals surface area contributed by atoms with E-state index in [9.17, 15) is 13.2 Å². The highest BCUT2D eigenvalue weighted by Crippen LogP contribution is 2.45. The molecule has 0 spiro atoms. The van der Waals surface area contributed by atoms with Gasteiger partial charge in [-0.15, -0.1) is 0 Å². The fraction of sp³-hybridized carbons (Fsp3) is 0.278. The van der Waals surface area contributed by atoms with E-state index >= 15 is 0 Å². The molecule has 0 bridgehead atoms. The van der Waals surface area contributed by atoms with Crippen LogP contribution in [-0.2, 0) is 0 Å². The second-order valence-electron chi connectivity index (χ2n) is 11.9. The van der Waals surface area contributed by atoms with Crippen molar-refractivity contribution < 1.29 is 22.0 Å². The topological polar surface area (TPSA) is 52.1 Å². The van der Waals surface area contributed by atoms with Crippen LogP contribution in [0, 0.1) is 13.8 Å². The van der Waals surface area contributed by atoms with Crippen molar-refractivity contribution in [3.63, 3.8) is 0 Å². The van der Waals surface area contributed by atoms with E-state index in [0.29, 0.717) is 45.1 Å². The maximum absolute atomic E-state index is 14.9. The van der Waals surface area contributed by atoms with Crippen molar-refractivity contribution in [1.82, 2.24) is 9.97 Å². The summed E-state index contributed by atoms with van der Waals surface area (Å²) < 4.78 is 56.8. The lowest BCUT2D eigenvalue weighted by molar-refractivity contribution is -0.141. The highest BCUT2D eigenvalue weighted by molar-refractivity contribution is 5.82. The van der Waals surface area contributed by atoms with Gasteiger partial charge in [-0.2, -0.15) is 13.2 Å². The molecule has 6 aromatic rings. The molecule has 7 heteroatoms. The first-order valence-electron chi connectivity index (χ1n) is 14.5. The number of alkyl halides is 3. The third kappa shape index (κ3) is 5.44. The van der Waals surface area contributed by atoms with Crippen molar-refractivity contribution >= 4 is 22.2 Å². The van der Waals surface area contributed by atoms with Crippen LogP contribution in [0.25, 0.3) is 44.8 Å². The van der Waals surface area contributed by atoms with E-state index in [1.54, 1.807) is 19.1 Å². The van der Waals surface area contributed by atoms with Crippen LogP contribution < -0.4 is 0 Å². The standard InChI is InChI=1S/C36H33F3N2O2/c1-19(2)28-15-26(17-30-33(28)42-22(6)40-30)32(36(37,38)39)27-16-29(20(3)4)34-31(18-27)41-35(43-34)25-13-11-24(12-14-25)23-9-7-21(5)8-10-23/h7-20,32H,1-6H3. The Balaban J connectivity index is 1.47. The number of hydrogen-bond acceptors (Lipinski definition) is 4. The number of hydrogen-bond donors (Lipinski definition) is 0. The lowest BCUT2D eigenvalue weighted by Gasteiger charge is -2.23. The average Bonchev–Trinajstić information content (AvgIpc) is 3.54. The molecule has 0 N–H and O–H groups in total. The monoisotopic (exact) mass is 582 g/mol. The summed E-state index contributed by atoms with van der Waals surface area (Å²) in [5, 5.41) is 0. The van der Waals surface area contributed by atoms with Gasteiger partial charge in [-0.25, -0.2) is 9.97 Å². The van der Waals surface area contributed by atoms with Gasteiger partial charge in [-0.3, -0.25) is 0 Å². The molecule has 0 aliphatic rings. The molecule has 2 aromatic heterocycles. The molecule has 6 rings (SSSR count). The van der Waals surface area contributed by atoms with E-state index in [2.05, 4.69) is 29.2 Å². The Bertz CT molecular complexity index is 1930. The minimum absolute atomic E-state index is 0.0483. The van der Waals surface area contributed by atoms with Crippen LogP contribution in [-0.4, -0.2) is 16.1 Å². The van der Waals surface area contributed by atoms with Crippen LogP contribution in [0.15, 0.2) is 81.6 Å². The highest BCUT2D eigenvalue weighted by Gasteiger charge is 2.43. The van der Waals surface area contributed by atoms with Gasteiger partial charge < -0.3 is 8.83 Å². The lowest BCUT2D eigenvalue weighted by atomic mass is 9.85. The molecule has 1 atom stereocenters. The molecule has 43 heavy (non-hydrogen) atoms. The molecule has 4 nitrogen and oxygen atoms in total. The first-order valence-corrected chi connectivity index (χ1v) is 14.5. The van der Waals surface area contributed by atoms with Gasteiger partial charge >= 0.3 is 6.18 Å². The van der Waals surface area contributed by atoms with Crippen molar-refractivity contribution in [3.05, 3.63) is 107 Å². The summed E-state index contributed by atoms with van der Waals surface area (Å²) in [6, 6.07) is 22.4. The van der Waals surface area contributed by atoms with Crippen LogP contribution in [0.3, 0.4) is 0 Å². The second kappa shape index (κ2) is 10.7. The second-order valence-corrected chi connectivity index (χ2v) is 11.9. The number of benzene rings is 4. The predicted octanol–water partition coefficient (Wildman–Crippen LogP) is 10.9.